The molecule has 4 aliphatic heterocycles. The highest BCUT2D eigenvalue weighted by molar-refractivity contribution is 7.90. The minimum absolute atomic E-state index is 0.0358. The van der Waals surface area contributed by atoms with E-state index in [1.165, 1.54) is 36.2 Å². The van der Waals surface area contributed by atoms with Gasteiger partial charge in [-0.2, -0.15) is 5.10 Å². The van der Waals surface area contributed by atoms with Crippen LogP contribution in [0.3, 0.4) is 0 Å². The van der Waals surface area contributed by atoms with Crippen molar-refractivity contribution in [1.29, 1.82) is 0 Å². The Hall–Kier alpha value is -6.58. The lowest BCUT2D eigenvalue weighted by molar-refractivity contribution is -0.137. The number of sulfone groups is 1. The Bertz CT molecular complexity index is 3020. The minimum atomic E-state index is -3.70. The van der Waals surface area contributed by atoms with E-state index < -0.39 is 69.1 Å². The summed E-state index contributed by atoms with van der Waals surface area (Å²) < 4.78 is 91.4. The maximum atomic E-state index is 16.0. The van der Waals surface area contributed by atoms with Crippen molar-refractivity contribution in [2.24, 2.45) is 7.05 Å². The first-order valence-electron chi connectivity index (χ1n) is 23.0. The molecule has 4 aliphatic rings. The molecule has 0 unspecified atom stereocenters. The van der Waals surface area contributed by atoms with E-state index in [-0.39, 0.29) is 48.6 Å². The maximum absolute atomic E-state index is 16.0. The Morgan fingerprint density at radius 2 is 1.64 bits per heavy atom. The van der Waals surface area contributed by atoms with Gasteiger partial charge < -0.3 is 19.1 Å². The lowest BCUT2D eigenvalue weighted by atomic mass is 9.77. The molecule has 370 valence electrons. The molecule has 0 aliphatic carbocycles. The summed E-state index contributed by atoms with van der Waals surface area (Å²) in [6.07, 6.45) is 2.95. The van der Waals surface area contributed by atoms with E-state index in [0.29, 0.717) is 84.6 Å². The van der Waals surface area contributed by atoms with E-state index in [2.05, 4.69) is 15.4 Å². The Morgan fingerprint density at radius 1 is 0.914 bits per heavy atom. The summed E-state index contributed by atoms with van der Waals surface area (Å²) in [7, 11) is -0.563. The van der Waals surface area contributed by atoms with Gasteiger partial charge in [-0.25, -0.2) is 26.6 Å². The molecule has 0 saturated carbocycles. The second kappa shape index (κ2) is 18.6. The molecule has 3 aromatic carbocycles. The number of aryl methyl sites for hydroxylation is 1. The first kappa shape index (κ1) is 48.4. The van der Waals surface area contributed by atoms with Gasteiger partial charge in [0.1, 0.15) is 21.4 Å². The number of nitrogens with zero attached hydrogens (tertiary/aromatic N) is 7. The number of imide groups is 2. The lowest BCUT2D eigenvalue weighted by Crippen LogP contribution is -2.61. The van der Waals surface area contributed by atoms with Gasteiger partial charge in [0.15, 0.2) is 23.1 Å². The molecule has 6 heterocycles. The number of carbonyl (C=O) groups is 4. The van der Waals surface area contributed by atoms with Gasteiger partial charge in [0.2, 0.25) is 11.8 Å². The van der Waals surface area contributed by atoms with Gasteiger partial charge in [-0.3, -0.25) is 43.9 Å². The van der Waals surface area contributed by atoms with Crippen LogP contribution < -0.4 is 24.4 Å². The van der Waals surface area contributed by atoms with Crippen LogP contribution in [0.25, 0.3) is 10.9 Å². The van der Waals surface area contributed by atoms with Gasteiger partial charge in [-0.15, -0.1) is 0 Å². The second-order valence-corrected chi connectivity index (χ2v) is 20.7. The summed E-state index contributed by atoms with van der Waals surface area (Å²) in [6, 6.07) is 13.7. The zero-order valence-electron chi connectivity index (χ0n) is 39.3. The molecule has 21 heteroatoms. The van der Waals surface area contributed by atoms with Crippen LogP contribution >= 0.6 is 0 Å². The molecule has 5 aromatic rings. The fraction of sp³-hybridized carbons (Fsp3) is 0.429. The number of alkyl halides is 2. The number of benzene rings is 3. The lowest BCUT2D eigenvalue weighted by Gasteiger charge is -2.46. The van der Waals surface area contributed by atoms with Crippen LogP contribution in [0.15, 0.2) is 66.9 Å². The number of aromatic nitrogens is 3. The number of ether oxygens (including phenoxy) is 3. The van der Waals surface area contributed by atoms with Crippen LogP contribution in [0.5, 0.6) is 23.0 Å². The van der Waals surface area contributed by atoms with E-state index in [9.17, 15) is 27.6 Å². The van der Waals surface area contributed by atoms with Crippen molar-refractivity contribution in [1.82, 2.24) is 34.8 Å². The number of amides is 4. The summed E-state index contributed by atoms with van der Waals surface area (Å²) in [6.45, 7) is 5.29. The van der Waals surface area contributed by atoms with Gasteiger partial charge >= 0.3 is 0 Å². The third-order valence-corrected chi connectivity index (χ3v) is 14.7. The van der Waals surface area contributed by atoms with Gasteiger partial charge in [0, 0.05) is 76.6 Å². The van der Waals surface area contributed by atoms with Crippen LogP contribution in [0.2, 0.25) is 0 Å². The van der Waals surface area contributed by atoms with E-state index in [4.69, 9.17) is 14.2 Å². The van der Waals surface area contributed by atoms with Crippen molar-refractivity contribution >= 4 is 50.2 Å². The summed E-state index contributed by atoms with van der Waals surface area (Å²) in [4.78, 5) is 63.3. The number of fused-ring (bicyclic) bond motifs is 2. The van der Waals surface area contributed by atoms with E-state index in [1.807, 2.05) is 4.90 Å². The number of hydrogen-bond donors (Lipinski definition) is 1. The summed E-state index contributed by atoms with van der Waals surface area (Å²) in [5.74, 6) is -5.02. The van der Waals surface area contributed by atoms with Gasteiger partial charge in [-0.1, -0.05) is 18.2 Å². The molecule has 9 rings (SSSR count). The van der Waals surface area contributed by atoms with Crippen molar-refractivity contribution in [3.05, 3.63) is 101 Å². The SMILES string of the molecule is CCOc1cc([C@@H](CS(C)(=O)=O)N2C(=O)c3cnc(N4CCN([C@H]5CCN(Cc6ccc(Oc7cc8c(cc7F)c([C@@]7(C)CCC(=O)NC7=O)nn8C)cc6)CC5(F)F)CC4)cc3C2=O)ccc1OC. The first-order valence-corrected chi connectivity index (χ1v) is 25.1. The molecular weight excluding hydrogens is 934 g/mol. The van der Waals surface area contributed by atoms with E-state index in [0.717, 1.165) is 16.7 Å². The predicted molar refractivity (Wildman–Crippen MR) is 251 cm³/mol. The summed E-state index contributed by atoms with van der Waals surface area (Å²) in [5, 5.41) is 7.32. The van der Waals surface area contributed by atoms with Crippen molar-refractivity contribution in [3.8, 4) is 23.0 Å². The molecule has 3 fully saturated rings. The maximum Gasteiger partial charge on any atom is 0.275 e. The zero-order chi connectivity index (χ0) is 49.9. The minimum Gasteiger partial charge on any atom is -0.493 e. The predicted octanol–water partition coefficient (Wildman–Crippen LogP) is 5.42. The average molecular weight is 987 g/mol. The molecule has 17 nitrogen and oxygen atoms in total. The number of rotatable bonds is 14. The van der Waals surface area contributed by atoms with Gasteiger partial charge in [0.05, 0.1) is 65.9 Å². The van der Waals surface area contributed by atoms with E-state index >= 15 is 13.2 Å². The van der Waals surface area contributed by atoms with E-state index in [1.54, 1.807) is 73.2 Å². The highest BCUT2D eigenvalue weighted by Crippen LogP contribution is 2.41. The Morgan fingerprint density at radius 3 is 2.31 bits per heavy atom. The molecular formula is C49H53F3N8O9S. The van der Waals surface area contributed by atoms with Gasteiger partial charge in [0.25, 0.3) is 17.7 Å². The number of nitrogens with one attached hydrogen (secondary N) is 1. The zero-order valence-corrected chi connectivity index (χ0v) is 40.2. The molecule has 70 heavy (non-hydrogen) atoms. The molecule has 4 amide bonds. The van der Waals surface area contributed by atoms with Crippen LogP contribution in [0, 0.1) is 5.82 Å². The number of hydrogen-bond acceptors (Lipinski definition) is 14. The van der Waals surface area contributed by atoms with Crippen molar-refractivity contribution < 1.29 is 55.0 Å². The fourth-order valence-corrected chi connectivity index (χ4v) is 11.0. The smallest absolute Gasteiger partial charge is 0.275 e. The molecule has 3 saturated heterocycles. The topological polar surface area (TPSA) is 186 Å². The number of carbonyl (C=O) groups excluding carboxylic acids is 4. The molecule has 0 radical (unpaired) electrons. The van der Waals surface area contributed by atoms with Crippen molar-refractivity contribution in [2.45, 2.75) is 63.1 Å². The number of piperazine rings is 1. The second-order valence-electron chi connectivity index (χ2n) is 18.5. The normalized spacial score (nSPS) is 21.5. The third-order valence-electron chi connectivity index (χ3n) is 13.7. The van der Waals surface area contributed by atoms with Crippen LogP contribution in [-0.4, -0.2) is 138 Å². The molecule has 2 aromatic heterocycles. The number of likely N-dealkylation sites (tertiary alicyclic amines) is 1. The van der Waals surface area contributed by atoms with Gasteiger partial charge in [-0.05, 0) is 74.2 Å². The molecule has 0 spiro atoms. The van der Waals surface area contributed by atoms with Crippen molar-refractivity contribution in [3.63, 3.8) is 0 Å². The van der Waals surface area contributed by atoms with Crippen molar-refractivity contribution in [2.75, 3.05) is 69.9 Å². The number of anilines is 1. The highest BCUT2D eigenvalue weighted by Gasteiger charge is 2.49. The van der Waals surface area contributed by atoms with Crippen LogP contribution in [0.4, 0.5) is 19.0 Å². The average Bonchev–Trinajstić information content (AvgIpc) is 3.77. The summed E-state index contributed by atoms with van der Waals surface area (Å²) in [5.41, 5.74) is 1.02. The Labute approximate surface area is 402 Å². The molecule has 3 atom stereocenters. The fourth-order valence-electron chi connectivity index (χ4n) is 10.0. The molecule has 0 bridgehead atoms. The standard InChI is InChI=1S/C49H53F3N8O9S/c1-6-68-40-21-30(9-12-38(40)67-4)37(27-70(5,65)66)60-45(62)32-23-42(53-25-34(32)46(60)63)59-19-17-58(18-20-59)41-14-16-57(28-49(41,51)52)26-29-7-10-31(11-8-29)69-39-24-36-33(22-35(39)50)44(55-56(36)3)48(2)15-13-43(61)54-47(48)64/h7-12,21-25,37,41H,6,13-20,26-28H2,1-5H3,(H,54,61,64)/t37-,41+,48-/m1/s1. The number of pyridine rings is 1. The first-order chi connectivity index (χ1) is 33.3. The number of methoxy groups -OCH3 is 1. The van der Waals surface area contributed by atoms with Crippen LogP contribution in [0.1, 0.15) is 76.7 Å². The third kappa shape index (κ3) is 9.28. The largest absolute Gasteiger partial charge is 0.493 e. The number of piperidine rings is 2. The molecule has 1 N–H and O–H groups in total. The quantitative estimate of drug-likeness (QED) is 0.139. The Balaban J connectivity index is 0.806. The Kier molecular flexibility index (Phi) is 12.9. The number of halogens is 3. The monoisotopic (exact) mass is 986 g/mol. The van der Waals surface area contributed by atoms with Crippen LogP contribution in [-0.2, 0) is 38.4 Å². The summed E-state index contributed by atoms with van der Waals surface area (Å²) >= 11 is 0. The highest BCUT2D eigenvalue weighted by atomic mass is 32.2.